The molecule has 0 aliphatic carbocycles. The third kappa shape index (κ3) is 2.07. The Labute approximate surface area is 82.4 Å². The Morgan fingerprint density at radius 2 is 2.25 bits per heavy atom. The standard InChI is InChI=1S/C9H16BrNO/c1-3-7-5-11(2)6-8(7)9(12)4-10/h7-8H,3-6H2,1-2H3. The van der Waals surface area contributed by atoms with E-state index in [2.05, 4.69) is 34.8 Å². The van der Waals surface area contributed by atoms with Gasteiger partial charge in [-0.2, -0.15) is 0 Å². The lowest BCUT2D eigenvalue weighted by atomic mass is 9.91. The van der Waals surface area contributed by atoms with Crippen LogP contribution in [0, 0.1) is 11.8 Å². The molecule has 1 aliphatic heterocycles. The Morgan fingerprint density at radius 1 is 1.58 bits per heavy atom. The molecule has 0 aromatic carbocycles. The highest BCUT2D eigenvalue weighted by molar-refractivity contribution is 9.09. The Kier molecular flexibility index (Phi) is 3.72. The van der Waals surface area contributed by atoms with E-state index in [4.69, 9.17) is 0 Å². The van der Waals surface area contributed by atoms with Crippen molar-refractivity contribution in [1.82, 2.24) is 4.90 Å². The summed E-state index contributed by atoms with van der Waals surface area (Å²) in [6, 6.07) is 0. The van der Waals surface area contributed by atoms with Gasteiger partial charge in [0.2, 0.25) is 0 Å². The Bertz CT molecular complexity index is 172. The van der Waals surface area contributed by atoms with Gasteiger partial charge in [-0.3, -0.25) is 4.79 Å². The van der Waals surface area contributed by atoms with E-state index < -0.39 is 0 Å². The number of likely N-dealkylation sites (tertiary alicyclic amines) is 1. The van der Waals surface area contributed by atoms with Gasteiger partial charge in [0.25, 0.3) is 0 Å². The number of carbonyl (C=O) groups excluding carboxylic acids is 1. The molecule has 0 aromatic heterocycles. The number of nitrogens with zero attached hydrogens (tertiary/aromatic N) is 1. The molecule has 1 rings (SSSR count). The van der Waals surface area contributed by atoms with Gasteiger partial charge in [0.1, 0.15) is 5.78 Å². The predicted molar refractivity (Wildman–Crippen MR) is 53.6 cm³/mol. The van der Waals surface area contributed by atoms with Gasteiger partial charge in [-0.1, -0.05) is 29.3 Å². The second-order valence-corrected chi connectivity index (χ2v) is 4.16. The number of Topliss-reactive ketones (excluding diaryl/α,β-unsaturated/α-hetero) is 1. The minimum absolute atomic E-state index is 0.277. The first-order valence-corrected chi connectivity index (χ1v) is 5.58. The Morgan fingerprint density at radius 3 is 2.75 bits per heavy atom. The number of hydrogen-bond donors (Lipinski definition) is 0. The lowest BCUT2D eigenvalue weighted by molar-refractivity contribution is -0.120. The first-order valence-electron chi connectivity index (χ1n) is 4.46. The van der Waals surface area contributed by atoms with Crippen LogP contribution in [0.1, 0.15) is 13.3 Å². The van der Waals surface area contributed by atoms with Crippen LogP contribution in [0.15, 0.2) is 0 Å². The minimum atomic E-state index is 0.277. The van der Waals surface area contributed by atoms with Crippen molar-refractivity contribution in [2.75, 3.05) is 25.5 Å². The lowest BCUT2D eigenvalue weighted by Crippen LogP contribution is -2.23. The molecule has 1 saturated heterocycles. The molecule has 0 saturated carbocycles. The van der Waals surface area contributed by atoms with Crippen LogP contribution in [0.5, 0.6) is 0 Å². The first-order chi connectivity index (χ1) is 5.69. The van der Waals surface area contributed by atoms with Crippen molar-refractivity contribution in [2.24, 2.45) is 11.8 Å². The van der Waals surface area contributed by atoms with Gasteiger partial charge in [0.15, 0.2) is 0 Å². The van der Waals surface area contributed by atoms with E-state index in [1.165, 1.54) is 0 Å². The van der Waals surface area contributed by atoms with Crippen LogP contribution in [-0.4, -0.2) is 36.2 Å². The van der Waals surface area contributed by atoms with Gasteiger partial charge in [-0.15, -0.1) is 0 Å². The van der Waals surface area contributed by atoms with Crippen LogP contribution in [0.2, 0.25) is 0 Å². The monoisotopic (exact) mass is 233 g/mol. The van der Waals surface area contributed by atoms with Crippen LogP contribution in [0.25, 0.3) is 0 Å². The first kappa shape index (κ1) is 10.2. The molecular weight excluding hydrogens is 218 g/mol. The molecule has 0 radical (unpaired) electrons. The quantitative estimate of drug-likeness (QED) is 0.690. The van der Waals surface area contributed by atoms with E-state index in [1.54, 1.807) is 0 Å². The largest absolute Gasteiger partial charge is 0.305 e. The summed E-state index contributed by atoms with van der Waals surface area (Å²) in [6.07, 6.45) is 1.12. The van der Waals surface area contributed by atoms with Gasteiger partial charge >= 0.3 is 0 Å². The molecular formula is C9H16BrNO. The normalized spacial score (nSPS) is 30.9. The summed E-state index contributed by atoms with van der Waals surface area (Å²) in [5.41, 5.74) is 0. The zero-order valence-electron chi connectivity index (χ0n) is 7.72. The summed E-state index contributed by atoms with van der Waals surface area (Å²) in [7, 11) is 2.09. The van der Waals surface area contributed by atoms with Gasteiger partial charge < -0.3 is 4.90 Å². The number of alkyl halides is 1. The average molecular weight is 234 g/mol. The van der Waals surface area contributed by atoms with E-state index in [0.717, 1.165) is 19.5 Å². The topological polar surface area (TPSA) is 20.3 Å². The second-order valence-electron chi connectivity index (χ2n) is 3.60. The number of halogens is 1. The van der Waals surface area contributed by atoms with E-state index in [0.29, 0.717) is 17.0 Å². The van der Waals surface area contributed by atoms with Crippen LogP contribution >= 0.6 is 15.9 Å². The maximum Gasteiger partial charge on any atom is 0.148 e. The van der Waals surface area contributed by atoms with Crippen molar-refractivity contribution >= 4 is 21.7 Å². The van der Waals surface area contributed by atoms with Crippen LogP contribution in [0.3, 0.4) is 0 Å². The number of rotatable bonds is 3. The minimum Gasteiger partial charge on any atom is -0.305 e. The number of carbonyl (C=O) groups is 1. The molecule has 2 atom stereocenters. The van der Waals surface area contributed by atoms with Gasteiger partial charge in [-0.25, -0.2) is 0 Å². The maximum atomic E-state index is 11.5. The highest BCUT2D eigenvalue weighted by atomic mass is 79.9. The van der Waals surface area contributed by atoms with Crippen molar-refractivity contribution in [3.8, 4) is 0 Å². The van der Waals surface area contributed by atoms with Crippen molar-refractivity contribution in [1.29, 1.82) is 0 Å². The summed E-state index contributed by atoms with van der Waals surface area (Å²) >= 11 is 3.23. The van der Waals surface area contributed by atoms with Crippen molar-refractivity contribution in [3.63, 3.8) is 0 Å². The summed E-state index contributed by atoms with van der Waals surface area (Å²) in [5, 5.41) is 0.516. The highest BCUT2D eigenvalue weighted by Gasteiger charge is 2.33. The summed E-state index contributed by atoms with van der Waals surface area (Å²) in [5.74, 6) is 1.23. The zero-order chi connectivity index (χ0) is 9.14. The zero-order valence-corrected chi connectivity index (χ0v) is 9.30. The van der Waals surface area contributed by atoms with E-state index in [1.807, 2.05) is 0 Å². The molecule has 0 spiro atoms. The molecule has 0 amide bonds. The SMILES string of the molecule is CCC1CN(C)CC1C(=O)CBr. The molecule has 2 unspecified atom stereocenters. The molecule has 1 aliphatic rings. The molecule has 0 bridgehead atoms. The Hall–Kier alpha value is 0.110. The van der Waals surface area contributed by atoms with E-state index in [9.17, 15) is 4.79 Å². The lowest BCUT2D eigenvalue weighted by Gasteiger charge is -2.13. The summed E-state index contributed by atoms with van der Waals surface area (Å²) in [6.45, 7) is 4.20. The van der Waals surface area contributed by atoms with Gasteiger partial charge in [0.05, 0.1) is 5.33 Å². The van der Waals surface area contributed by atoms with Crippen LogP contribution in [0.4, 0.5) is 0 Å². The van der Waals surface area contributed by atoms with Crippen LogP contribution < -0.4 is 0 Å². The molecule has 0 N–H and O–H groups in total. The molecule has 0 aromatic rings. The van der Waals surface area contributed by atoms with Gasteiger partial charge in [0, 0.05) is 19.0 Å². The molecule has 70 valence electrons. The molecule has 1 fully saturated rings. The molecule has 2 nitrogen and oxygen atoms in total. The second kappa shape index (κ2) is 4.38. The Balaban J connectivity index is 2.57. The molecule has 3 heteroatoms. The average Bonchev–Trinajstić information content (AvgIpc) is 2.45. The highest BCUT2D eigenvalue weighted by Crippen LogP contribution is 2.26. The van der Waals surface area contributed by atoms with Gasteiger partial charge in [-0.05, 0) is 13.0 Å². The fourth-order valence-electron chi connectivity index (χ4n) is 1.96. The summed E-state index contributed by atoms with van der Waals surface area (Å²) < 4.78 is 0. The van der Waals surface area contributed by atoms with Crippen molar-refractivity contribution in [2.45, 2.75) is 13.3 Å². The third-order valence-corrected chi connectivity index (χ3v) is 3.25. The fourth-order valence-corrected chi connectivity index (χ4v) is 2.38. The molecule has 1 heterocycles. The number of ketones is 1. The van der Waals surface area contributed by atoms with E-state index >= 15 is 0 Å². The maximum absolute atomic E-state index is 11.5. The van der Waals surface area contributed by atoms with E-state index in [-0.39, 0.29) is 5.92 Å². The summed E-state index contributed by atoms with van der Waals surface area (Å²) in [4.78, 5) is 13.7. The van der Waals surface area contributed by atoms with Crippen molar-refractivity contribution in [3.05, 3.63) is 0 Å². The number of hydrogen-bond acceptors (Lipinski definition) is 2. The fraction of sp³-hybridized carbons (Fsp3) is 0.889. The third-order valence-electron chi connectivity index (χ3n) is 2.69. The smallest absolute Gasteiger partial charge is 0.148 e. The van der Waals surface area contributed by atoms with Crippen LogP contribution in [-0.2, 0) is 4.79 Å². The van der Waals surface area contributed by atoms with Crippen molar-refractivity contribution < 1.29 is 4.79 Å². The predicted octanol–water partition coefficient (Wildman–Crippen LogP) is 1.54. The molecule has 12 heavy (non-hydrogen) atoms.